The third-order valence-corrected chi connectivity index (χ3v) is 9.48. The van der Waals surface area contributed by atoms with Crippen LogP contribution in [0.1, 0.15) is 51.3 Å². The van der Waals surface area contributed by atoms with Crippen LogP contribution in [-0.4, -0.2) is 148 Å². The molecule has 1 fully saturated rings. The molecule has 0 spiro atoms. The Morgan fingerprint density at radius 2 is 1.35 bits per heavy atom. The maximum Gasteiger partial charge on any atom is 0.305 e. The fraction of sp³-hybridized carbons (Fsp3) is 0.658. The number of thiazole rings is 1. The highest BCUT2D eigenvalue weighted by molar-refractivity contribution is 7.13. The highest BCUT2D eigenvalue weighted by Crippen LogP contribution is 2.28. The minimum Gasteiger partial charge on any atom is -0.481 e. The number of nitrogens with zero attached hydrogens (tertiary/aromatic N) is 2. The van der Waals surface area contributed by atoms with Gasteiger partial charge >= 0.3 is 5.97 Å². The number of aliphatic hydroxyl groups is 1. The number of aryl methyl sites for hydroxylation is 1. The highest BCUT2D eigenvalue weighted by Gasteiger charge is 2.44. The van der Waals surface area contributed by atoms with E-state index in [4.69, 9.17) is 33.5 Å². The van der Waals surface area contributed by atoms with E-state index in [2.05, 4.69) is 15.6 Å². The number of carboxylic acids is 1. The molecule has 1 aliphatic rings. The number of nitrogens with one attached hydrogen (secondary N) is 2. The van der Waals surface area contributed by atoms with Gasteiger partial charge in [0.1, 0.15) is 12.1 Å². The second-order valence-corrected chi connectivity index (χ2v) is 14.9. The Kier molecular flexibility index (Phi) is 20.7. The topological polar surface area (TPSA) is 204 Å². The first-order valence-corrected chi connectivity index (χ1v) is 19.5. The number of ether oxygens (including phenoxy) is 6. The van der Waals surface area contributed by atoms with E-state index in [0.29, 0.717) is 59.5 Å². The zero-order valence-corrected chi connectivity index (χ0v) is 33.2. The summed E-state index contributed by atoms with van der Waals surface area (Å²) in [6, 6.07) is 6.07. The molecule has 0 aliphatic carbocycles. The average molecular weight is 795 g/mol. The van der Waals surface area contributed by atoms with Crippen LogP contribution in [0, 0.1) is 12.3 Å². The Bertz CT molecular complexity index is 1450. The summed E-state index contributed by atoms with van der Waals surface area (Å²) in [4.78, 5) is 57.2. The highest BCUT2D eigenvalue weighted by atomic mass is 32.1. The van der Waals surface area contributed by atoms with Gasteiger partial charge in [-0.15, -0.1) is 11.3 Å². The average Bonchev–Trinajstić information content (AvgIpc) is 3.76. The number of carbonyl (C=O) groups is 4. The quantitative estimate of drug-likeness (QED) is 0.0960. The molecule has 55 heavy (non-hydrogen) atoms. The van der Waals surface area contributed by atoms with Crippen molar-refractivity contribution in [3.05, 3.63) is 41.0 Å². The van der Waals surface area contributed by atoms with Gasteiger partial charge in [-0.3, -0.25) is 19.2 Å². The van der Waals surface area contributed by atoms with Gasteiger partial charge < -0.3 is 54.2 Å². The summed E-state index contributed by atoms with van der Waals surface area (Å²) < 4.78 is 32.4. The predicted molar refractivity (Wildman–Crippen MR) is 203 cm³/mol. The first kappa shape index (κ1) is 45.8. The van der Waals surface area contributed by atoms with Crippen LogP contribution in [0.5, 0.6) is 0 Å². The molecule has 0 saturated carbocycles. The molecule has 2 aromatic rings. The van der Waals surface area contributed by atoms with Crippen LogP contribution in [0.2, 0.25) is 0 Å². The van der Waals surface area contributed by atoms with Gasteiger partial charge in [0.05, 0.1) is 108 Å². The molecule has 0 unspecified atom stereocenters. The van der Waals surface area contributed by atoms with Gasteiger partial charge in [0.15, 0.2) is 0 Å². The van der Waals surface area contributed by atoms with E-state index in [1.165, 1.54) is 4.90 Å². The van der Waals surface area contributed by atoms with E-state index in [9.17, 15) is 24.3 Å². The van der Waals surface area contributed by atoms with Crippen LogP contribution >= 0.6 is 11.3 Å². The van der Waals surface area contributed by atoms with E-state index < -0.39 is 35.5 Å². The Balaban J connectivity index is 1.27. The van der Waals surface area contributed by atoms with Gasteiger partial charge in [-0.25, -0.2) is 4.98 Å². The SMILES string of the molecule is Cc1ncsc1-c1ccc(CNC(=O)[C@@H]2C[C@@H](O)CN2C(=O)[C@@H](NC(=O)CCOCCOCCOCCOCCOCCOCCC(=O)O)C(C)(C)C)cc1. The molecule has 3 rings (SSSR count). The van der Waals surface area contributed by atoms with Crippen LogP contribution in [0.25, 0.3) is 10.4 Å². The summed E-state index contributed by atoms with van der Waals surface area (Å²) in [6.07, 6.45) is -0.748. The number of hydrogen-bond donors (Lipinski definition) is 4. The lowest BCUT2D eigenvalue weighted by molar-refractivity contribution is -0.144. The maximum atomic E-state index is 13.8. The van der Waals surface area contributed by atoms with E-state index in [-0.39, 0.29) is 64.0 Å². The zero-order valence-electron chi connectivity index (χ0n) is 32.4. The number of amides is 3. The largest absolute Gasteiger partial charge is 0.481 e. The summed E-state index contributed by atoms with van der Waals surface area (Å²) in [5.74, 6) is -2.05. The first-order chi connectivity index (χ1) is 26.4. The Hall–Kier alpha value is -3.55. The van der Waals surface area contributed by atoms with Gasteiger partial charge in [-0.1, -0.05) is 45.0 Å². The van der Waals surface area contributed by atoms with Crippen molar-refractivity contribution in [2.45, 2.75) is 71.7 Å². The van der Waals surface area contributed by atoms with Gasteiger partial charge in [0.2, 0.25) is 17.7 Å². The van der Waals surface area contributed by atoms with Crippen LogP contribution in [0.4, 0.5) is 0 Å². The Morgan fingerprint density at radius 1 is 0.836 bits per heavy atom. The third-order valence-electron chi connectivity index (χ3n) is 8.51. The number of carbonyl (C=O) groups excluding carboxylic acids is 3. The summed E-state index contributed by atoms with van der Waals surface area (Å²) in [5, 5.41) is 24.8. The molecule has 1 aromatic carbocycles. The number of carboxylic acid groups (broad SMARTS) is 1. The number of aliphatic hydroxyl groups excluding tert-OH is 1. The molecule has 17 heteroatoms. The molecular formula is C38H58N4O12S. The summed E-state index contributed by atoms with van der Waals surface area (Å²) in [5.41, 5.74) is 4.05. The smallest absolute Gasteiger partial charge is 0.305 e. The number of rotatable bonds is 27. The van der Waals surface area contributed by atoms with Crippen molar-refractivity contribution in [1.29, 1.82) is 0 Å². The number of aliphatic carboxylic acids is 1. The van der Waals surface area contributed by atoms with Gasteiger partial charge in [-0.2, -0.15) is 0 Å². The summed E-state index contributed by atoms with van der Waals surface area (Å²) >= 11 is 1.57. The molecule has 1 saturated heterocycles. The number of likely N-dealkylation sites (tertiary alicyclic amines) is 1. The van der Waals surface area contributed by atoms with Crippen LogP contribution in [0.3, 0.4) is 0 Å². The lowest BCUT2D eigenvalue weighted by Gasteiger charge is -2.35. The lowest BCUT2D eigenvalue weighted by atomic mass is 9.85. The second kappa shape index (κ2) is 24.9. The first-order valence-electron chi connectivity index (χ1n) is 18.6. The van der Waals surface area contributed by atoms with Crippen molar-refractivity contribution >= 4 is 35.0 Å². The minimum absolute atomic E-state index is 0.00294. The van der Waals surface area contributed by atoms with Crippen molar-refractivity contribution in [3.8, 4) is 10.4 Å². The monoisotopic (exact) mass is 794 g/mol. The zero-order chi connectivity index (χ0) is 40.1. The molecule has 16 nitrogen and oxygen atoms in total. The van der Waals surface area contributed by atoms with Crippen molar-refractivity contribution in [3.63, 3.8) is 0 Å². The van der Waals surface area contributed by atoms with Gasteiger partial charge in [0, 0.05) is 25.9 Å². The number of hydrogen-bond acceptors (Lipinski definition) is 13. The number of aromatic nitrogens is 1. The van der Waals surface area contributed by atoms with E-state index in [1.807, 2.05) is 57.5 Å². The van der Waals surface area contributed by atoms with Crippen LogP contribution in [-0.2, 0) is 54.1 Å². The molecule has 308 valence electrons. The Labute approximate surface area is 327 Å². The minimum atomic E-state index is -0.923. The molecule has 3 atom stereocenters. The van der Waals surface area contributed by atoms with E-state index in [1.54, 1.807) is 11.3 Å². The summed E-state index contributed by atoms with van der Waals surface area (Å²) in [7, 11) is 0. The van der Waals surface area contributed by atoms with Gasteiger partial charge in [0.25, 0.3) is 0 Å². The number of benzene rings is 1. The van der Waals surface area contributed by atoms with Crippen molar-refractivity contribution in [1.82, 2.24) is 20.5 Å². The third kappa shape index (κ3) is 17.4. The van der Waals surface area contributed by atoms with Crippen LogP contribution in [0.15, 0.2) is 29.8 Å². The second-order valence-electron chi connectivity index (χ2n) is 14.0. The molecule has 3 amide bonds. The predicted octanol–water partition coefficient (Wildman–Crippen LogP) is 2.19. The van der Waals surface area contributed by atoms with Crippen molar-refractivity contribution in [2.75, 3.05) is 85.8 Å². The van der Waals surface area contributed by atoms with Crippen LogP contribution < -0.4 is 10.6 Å². The molecule has 4 N–H and O–H groups in total. The van der Waals surface area contributed by atoms with Crippen molar-refractivity contribution in [2.24, 2.45) is 5.41 Å². The maximum absolute atomic E-state index is 13.8. The Morgan fingerprint density at radius 3 is 1.82 bits per heavy atom. The molecule has 0 radical (unpaired) electrons. The van der Waals surface area contributed by atoms with Gasteiger partial charge in [-0.05, 0) is 23.5 Å². The fourth-order valence-electron chi connectivity index (χ4n) is 5.54. The molecular weight excluding hydrogens is 737 g/mol. The normalized spacial score (nSPS) is 16.3. The molecule has 2 heterocycles. The molecule has 1 aliphatic heterocycles. The standard InChI is InChI=1S/C38H58N4O12S/c1-27-34(55-26-40-27)29-7-5-28(6-8-29)24-39-36(47)31-23-30(43)25-42(31)37(48)35(38(2,3)4)41-32(44)9-11-49-13-15-51-17-19-53-21-22-54-20-18-52-16-14-50-12-10-33(45)46/h5-8,26,30-31,35,43H,9-25H2,1-4H3,(H,39,47)(H,41,44)(H,45,46)/t30-,31+,35-/m1/s1. The van der Waals surface area contributed by atoms with E-state index >= 15 is 0 Å². The van der Waals surface area contributed by atoms with E-state index in [0.717, 1.165) is 21.7 Å². The number of β-amino-alcohol motifs (C(OH)–C–C–N with tert-alkyl or cyclic N) is 1. The molecule has 0 bridgehead atoms. The van der Waals surface area contributed by atoms with Crippen molar-refractivity contribution < 1.29 is 57.8 Å². The summed E-state index contributed by atoms with van der Waals surface area (Å²) in [6.45, 7) is 11.7. The molecule has 1 aromatic heterocycles. The lowest BCUT2D eigenvalue weighted by Crippen LogP contribution is -2.57. The fourth-order valence-corrected chi connectivity index (χ4v) is 6.35.